The van der Waals surface area contributed by atoms with E-state index in [4.69, 9.17) is 14.2 Å². The molecule has 2 aromatic rings. The molecule has 0 unspecified atom stereocenters. The molecule has 0 aliphatic heterocycles. The second-order valence-corrected chi connectivity index (χ2v) is 5.62. The molecule has 0 aromatic heterocycles. The second-order valence-electron chi connectivity index (χ2n) is 5.62. The van der Waals surface area contributed by atoms with Gasteiger partial charge in [0.2, 0.25) is 0 Å². The highest BCUT2D eigenvalue weighted by Crippen LogP contribution is 2.27. The van der Waals surface area contributed by atoms with Crippen molar-refractivity contribution >= 4 is 29.9 Å². The average molecular weight is 503 g/mol. The van der Waals surface area contributed by atoms with E-state index in [0.29, 0.717) is 42.9 Å². The minimum Gasteiger partial charge on any atom is -0.493 e. The molecule has 0 spiro atoms. The molecule has 0 aliphatic rings. The van der Waals surface area contributed by atoms with E-state index >= 15 is 0 Å². The number of halogens is 2. The van der Waals surface area contributed by atoms with Crippen molar-refractivity contribution in [2.75, 3.05) is 33.9 Å². The molecule has 0 saturated carbocycles. The summed E-state index contributed by atoms with van der Waals surface area (Å²) in [7, 11) is 3.21. The highest BCUT2D eigenvalue weighted by molar-refractivity contribution is 14.0. The van der Waals surface area contributed by atoms with Gasteiger partial charge in [0, 0.05) is 12.6 Å². The summed E-state index contributed by atoms with van der Waals surface area (Å²) in [4.78, 5) is 4.56. The third-order valence-electron chi connectivity index (χ3n) is 3.67. The van der Waals surface area contributed by atoms with Crippen LogP contribution in [-0.2, 0) is 6.54 Å². The summed E-state index contributed by atoms with van der Waals surface area (Å²) in [6.45, 7) is 4.15. The van der Waals surface area contributed by atoms with Crippen molar-refractivity contribution in [3.8, 4) is 17.2 Å². The van der Waals surface area contributed by atoms with E-state index in [-0.39, 0.29) is 29.8 Å². The van der Waals surface area contributed by atoms with Crippen LogP contribution in [0.2, 0.25) is 0 Å². The van der Waals surface area contributed by atoms with Crippen LogP contribution in [-0.4, -0.2) is 39.9 Å². The monoisotopic (exact) mass is 503 g/mol. The summed E-state index contributed by atoms with van der Waals surface area (Å²) in [5, 5.41) is 6.37. The molecule has 2 aromatic carbocycles. The predicted octanol–water partition coefficient (Wildman–Crippen LogP) is 3.60. The number of hydrogen-bond donors (Lipinski definition) is 2. The Morgan fingerprint density at radius 1 is 1.04 bits per heavy atom. The van der Waals surface area contributed by atoms with Crippen molar-refractivity contribution in [1.29, 1.82) is 0 Å². The molecule has 0 bridgehead atoms. The molecule has 0 atom stereocenters. The first-order valence-electron chi connectivity index (χ1n) is 8.77. The first-order chi connectivity index (χ1) is 13.2. The zero-order valence-corrected chi connectivity index (χ0v) is 18.7. The maximum Gasteiger partial charge on any atom is 0.191 e. The summed E-state index contributed by atoms with van der Waals surface area (Å²) in [5.41, 5.74) is 1.00. The Hall–Kier alpha value is -2.23. The van der Waals surface area contributed by atoms with Crippen molar-refractivity contribution < 1.29 is 18.6 Å². The Balaban J connectivity index is 0.00000392. The van der Waals surface area contributed by atoms with Gasteiger partial charge in [-0.15, -0.1) is 24.0 Å². The van der Waals surface area contributed by atoms with Crippen LogP contribution in [0.4, 0.5) is 4.39 Å². The van der Waals surface area contributed by atoms with Crippen LogP contribution in [0.1, 0.15) is 12.5 Å². The van der Waals surface area contributed by atoms with Gasteiger partial charge in [-0.05, 0) is 36.8 Å². The van der Waals surface area contributed by atoms with E-state index in [9.17, 15) is 4.39 Å². The third-order valence-corrected chi connectivity index (χ3v) is 3.67. The standard InChI is InChI=1S/C20H26FN3O3.HI/c1-4-22-20(23-10-11-27-17-7-5-6-16(21)13-17)24-14-15-8-9-18(25-2)19(12-15)26-3;/h5-9,12-13H,4,10-11,14H2,1-3H3,(H2,22,23,24);1H. The highest BCUT2D eigenvalue weighted by Gasteiger charge is 2.05. The number of methoxy groups -OCH3 is 2. The van der Waals surface area contributed by atoms with Crippen LogP contribution in [0.15, 0.2) is 47.5 Å². The fourth-order valence-corrected chi connectivity index (χ4v) is 2.39. The molecular weight excluding hydrogens is 476 g/mol. The van der Waals surface area contributed by atoms with Crippen LogP contribution < -0.4 is 24.8 Å². The molecule has 2 N–H and O–H groups in total. The summed E-state index contributed by atoms with van der Waals surface area (Å²) in [6, 6.07) is 11.8. The van der Waals surface area contributed by atoms with Gasteiger partial charge < -0.3 is 24.8 Å². The van der Waals surface area contributed by atoms with Gasteiger partial charge >= 0.3 is 0 Å². The zero-order chi connectivity index (χ0) is 19.5. The van der Waals surface area contributed by atoms with E-state index in [0.717, 1.165) is 12.1 Å². The van der Waals surface area contributed by atoms with Gasteiger partial charge in [0.1, 0.15) is 18.2 Å². The van der Waals surface area contributed by atoms with E-state index < -0.39 is 0 Å². The van der Waals surface area contributed by atoms with E-state index in [2.05, 4.69) is 15.6 Å². The SMILES string of the molecule is CCNC(=NCc1ccc(OC)c(OC)c1)NCCOc1cccc(F)c1.I. The largest absolute Gasteiger partial charge is 0.493 e. The van der Waals surface area contributed by atoms with Gasteiger partial charge in [0.25, 0.3) is 0 Å². The fraction of sp³-hybridized carbons (Fsp3) is 0.350. The first-order valence-corrected chi connectivity index (χ1v) is 8.77. The number of aliphatic imine (C=N–C) groups is 1. The van der Waals surface area contributed by atoms with Gasteiger partial charge in [0.05, 0.1) is 27.3 Å². The molecule has 0 saturated heterocycles. The Bertz CT molecular complexity index is 759. The van der Waals surface area contributed by atoms with Gasteiger partial charge in [-0.3, -0.25) is 0 Å². The Labute approximate surface area is 182 Å². The van der Waals surface area contributed by atoms with Crippen LogP contribution in [0.5, 0.6) is 17.2 Å². The minimum absolute atomic E-state index is 0. The Morgan fingerprint density at radius 2 is 1.82 bits per heavy atom. The minimum atomic E-state index is -0.315. The third kappa shape index (κ3) is 7.79. The first kappa shape index (κ1) is 23.8. The molecule has 6 nitrogen and oxygen atoms in total. The fourth-order valence-electron chi connectivity index (χ4n) is 2.39. The van der Waals surface area contributed by atoms with E-state index in [1.54, 1.807) is 26.4 Å². The lowest BCUT2D eigenvalue weighted by Gasteiger charge is -2.13. The van der Waals surface area contributed by atoms with Crippen molar-refractivity contribution in [2.45, 2.75) is 13.5 Å². The molecule has 0 amide bonds. The molecular formula is C20H27FIN3O3. The van der Waals surface area contributed by atoms with Crippen molar-refractivity contribution in [2.24, 2.45) is 4.99 Å². The summed E-state index contributed by atoms with van der Waals surface area (Å²) < 4.78 is 29.2. The molecule has 2 rings (SSSR count). The molecule has 28 heavy (non-hydrogen) atoms. The van der Waals surface area contributed by atoms with Crippen molar-refractivity contribution in [1.82, 2.24) is 10.6 Å². The Morgan fingerprint density at radius 3 is 2.50 bits per heavy atom. The molecule has 154 valence electrons. The van der Waals surface area contributed by atoms with E-state index in [1.807, 2.05) is 25.1 Å². The molecule has 8 heteroatoms. The van der Waals surface area contributed by atoms with Gasteiger partial charge in [0.15, 0.2) is 17.5 Å². The van der Waals surface area contributed by atoms with E-state index in [1.165, 1.54) is 12.1 Å². The number of guanidine groups is 1. The highest BCUT2D eigenvalue weighted by atomic mass is 127. The quantitative estimate of drug-likeness (QED) is 0.237. The van der Waals surface area contributed by atoms with Crippen LogP contribution >= 0.6 is 24.0 Å². The summed E-state index contributed by atoms with van der Waals surface area (Å²) in [6.07, 6.45) is 0. The number of nitrogens with zero attached hydrogens (tertiary/aromatic N) is 1. The van der Waals surface area contributed by atoms with Gasteiger partial charge in [-0.25, -0.2) is 9.38 Å². The van der Waals surface area contributed by atoms with Gasteiger partial charge in [-0.2, -0.15) is 0 Å². The number of hydrogen-bond acceptors (Lipinski definition) is 4. The summed E-state index contributed by atoms with van der Waals surface area (Å²) in [5.74, 6) is 2.22. The maximum atomic E-state index is 13.1. The smallest absolute Gasteiger partial charge is 0.191 e. The number of benzene rings is 2. The number of nitrogens with one attached hydrogen (secondary N) is 2. The number of rotatable bonds is 9. The second kappa shape index (κ2) is 13.0. The summed E-state index contributed by atoms with van der Waals surface area (Å²) >= 11 is 0. The lowest BCUT2D eigenvalue weighted by atomic mass is 10.2. The molecule has 0 fully saturated rings. The normalized spacial score (nSPS) is 10.6. The lowest BCUT2D eigenvalue weighted by molar-refractivity contribution is 0.320. The molecule has 0 radical (unpaired) electrons. The lowest BCUT2D eigenvalue weighted by Crippen LogP contribution is -2.39. The zero-order valence-electron chi connectivity index (χ0n) is 16.3. The number of ether oxygens (including phenoxy) is 3. The van der Waals surface area contributed by atoms with Crippen molar-refractivity contribution in [3.63, 3.8) is 0 Å². The molecule has 0 aliphatic carbocycles. The predicted molar refractivity (Wildman–Crippen MR) is 120 cm³/mol. The topological polar surface area (TPSA) is 64.1 Å². The molecule has 0 heterocycles. The van der Waals surface area contributed by atoms with Crippen molar-refractivity contribution in [3.05, 3.63) is 53.8 Å². The maximum absolute atomic E-state index is 13.1. The van der Waals surface area contributed by atoms with Crippen LogP contribution in [0, 0.1) is 5.82 Å². The van der Waals surface area contributed by atoms with Crippen LogP contribution in [0.3, 0.4) is 0 Å². The average Bonchev–Trinajstić information content (AvgIpc) is 2.69. The van der Waals surface area contributed by atoms with Gasteiger partial charge in [-0.1, -0.05) is 12.1 Å². The van der Waals surface area contributed by atoms with Crippen LogP contribution in [0.25, 0.3) is 0 Å². The Kier molecular flexibility index (Phi) is 11.1.